The van der Waals surface area contributed by atoms with Crippen molar-refractivity contribution >= 4 is 49.7 Å². The van der Waals surface area contributed by atoms with E-state index in [9.17, 15) is 18.0 Å². The zero-order valence-electron chi connectivity index (χ0n) is 17.4. The minimum Gasteiger partial charge on any atom is -0.462 e. The molecule has 1 N–H and O–H groups in total. The second kappa shape index (κ2) is 10.1. The maximum absolute atomic E-state index is 12.6. The Labute approximate surface area is 191 Å². The second-order valence-corrected chi connectivity index (χ2v) is 10.8. The van der Waals surface area contributed by atoms with E-state index in [2.05, 4.69) is 17.1 Å². The fourth-order valence-corrected chi connectivity index (χ4v) is 6.07. The predicted molar refractivity (Wildman–Crippen MR) is 122 cm³/mol. The van der Waals surface area contributed by atoms with E-state index in [4.69, 9.17) is 16.3 Å². The molecule has 1 aliphatic heterocycles. The Kier molecular flexibility index (Phi) is 7.74. The first kappa shape index (κ1) is 23.7. The number of anilines is 1. The van der Waals surface area contributed by atoms with Gasteiger partial charge in [0.05, 0.1) is 22.8 Å². The lowest BCUT2D eigenvalue weighted by atomic mass is 10.0. The number of fused-ring (bicyclic) bond motifs is 1. The Morgan fingerprint density at radius 1 is 1.23 bits per heavy atom. The van der Waals surface area contributed by atoms with Gasteiger partial charge in [0.1, 0.15) is 5.00 Å². The summed E-state index contributed by atoms with van der Waals surface area (Å²) in [5, 5.41) is 3.61. The average molecular weight is 485 g/mol. The van der Waals surface area contributed by atoms with Gasteiger partial charge in [-0.3, -0.25) is 9.69 Å². The molecule has 2 aromatic rings. The number of likely N-dealkylation sites (N-methyl/N-ethyl adjacent to an activating group) is 1. The number of amides is 1. The van der Waals surface area contributed by atoms with Crippen molar-refractivity contribution < 1.29 is 22.7 Å². The molecule has 0 atom stereocenters. The van der Waals surface area contributed by atoms with Crippen molar-refractivity contribution in [3.05, 3.63) is 45.3 Å². The van der Waals surface area contributed by atoms with Gasteiger partial charge < -0.3 is 10.1 Å². The number of ether oxygens (including phenoxy) is 1. The number of sulfone groups is 1. The Balaban J connectivity index is 1.75. The van der Waals surface area contributed by atoms with E-state index in [-0.39, 0.29) is 23.7 Å². The number of carbonyl (C=O) groups excluding carboxylic acids is 2. The van der Waals surface area contributed by atoms with Crippen LogP contribution in [0.2, 0.25) is 5.02 Å². The first-order valence-corrected chi connectivity index (χ1v) is 12.9. The third kappa shape index (κ3) is 5.65. The SMILES string of the molecule is CCOC(=O)c1c(NC(=O)CCS(=O)(=O)c2ccc(Cl)cc2)sc2c1CCN(CC)C2. The van der Waals surface area contributed by atoms with Crippen LogP contribution in [0.25, 0.3) is 0 Å². The molecule has 0 bridgehead atoms. The predicted octanol–water partition coefficient (Wildman–Crippen LogP) is 3.76. The molecule has 0 saturated carbocycles. The summed E-state index contributed by atoms with van der Waals surface area (Å²) in [5.41, 5.74) is 1.31. The summed E-state index contributed by atoms with van der Waals surface area (Å²) in [6.45, 7) is 6.49. The number of carbonyl (C=O) groups is 2. The molecule has 0 radical (unpaired) electrons. The summed E-state index contributed by atoms with van der Waals surface area (Å²) in [6, 6.07) is 5.83. The highest BCUT2D eigenvalue weighted by atomic mass is 35.5. The van der Waals surface area contributed by atoms with E-state index >= 15 is 0 Å². The molecule has 0 spiro atoms. The van der Waals surface area contributed by atoms with Gasteiger partial charge in [-0.25, -0.2) is 13.2 Å². The van der Waals surface area contributed by atoms with E-state index in [1.165, 1.54) is 35.6 Å². The van der Waals surface area contributed by atoms with Gasteiger partial charge in [-0.1, -0.05) is 18.5 Å². The van der Waals surface area contributed by atoms with Crippen LogP contribution in [0.4, 0.5) is 5.00 Å². The van der Waals surface area contributed by atoms with Crippen molar-refractivity contribution in [3.63, 3.8) is 0 Å². The van der Waals surface area contributed by atoms with Gasteiger partial charge >= 0.3 is 5.97 Å². The van der Waals surface area contributed by atoms with Crippen LogP contribution in [0, 0.1) is 0 Å². The van der Waals surface area contributed by atoms with E-state index in [0.717, 1.165) is 23.5 Å². The first-order valence-electron chi connectivity index (χ1n) is 10.1. The molecule has 7 nitrogen and oxygen atoms in total. The van der Waals surface area contributed by atoms with Crippen LogP contribution < -0.4 is 5.32 Å². The molecule has 10 heteroatoms. The summed E-state index contributed by atoms with van der Waals surface area (Å²) in [6.07, 6.45) is 0.478. The Morgan fingerprint density at radius 3 is 2.58 bits per heavy atom. The van der Waals surface area contributed by atoms with Gasteiger partial charge in [-0.2, -0.15) is 0 Å². The number of nitrogens with one attached hydrogen (secondary N) is 1. The molecule has 0 unspecified atom stereocenters. The number of esters is 1. The summed E-state index contributed by atoms with van der Waals surface area (Å²) in [4.78, 5) is 28.5. The molecule has 1 aromatic carbocycles. The molecule has 1 aromatic heterocycles. The molecule has 1 aliphatic rings. The van der Waals surface area contributed by atoms with E-state index < -0.39 is 21.7 Å². The van der Waals surface area contributed by atoms with Crippen LogP contribution in [-0.2, 0) is 32.3 Å². The van der Waals surface area contributed by atoms with Crippen LogP contribution in [0.3, 0.4) is 0 Å². The molecule has 168 valence electrons. The number of hydrogen-bond donors (Lipinski definition) is 1. The highest BCUT2D eigenvalue weighted by Crippen LogP contribution is 2.37. The Bertz CT molecular complexity index is 1060. The molecule has 0 aliphatic carbocycles. The first-order chi connectivity index (χ1) is 14.7. The van der Waals surface area contributed by atoms with Crippen LogP contribution in [0.5, 0.6) is 0 Å². The number of halogens is 1. The van der Waals surface area contributed by atoms with E-state index in [0.29, 0.717) is 28.6 Å². The number of benzene rings is 1. The molecule has 3 rings (SSSR count). The van der Waals surface area contributed by atoms with Gasteiger partial charge in [0, 0.05) is 29.4 Å². The molecule has 31 heavy (non-hydrogen) atoms. The Morgan fingerprint density at radius 2 is 1.94 bits per heavy atom. The normalized spacial score (nSPS) is 14.2. The lowest BCUT2D eigenvalue weighted by molar-refractivity contribution is -0.115. The molecule has 0 fully saturated rings. The number of thiophene rings is 1. The Hall–Kier alpha value is -1.94. The molecular formula is C21H25ClN2O5S2. The minimum absolute atomic E-state index is 0.114. The lowest BCUT2D eigenvalue weighted by Crippen LogP contribution is -2.30. The van der Waals surface area contributed by atoms with Crippen molar-refractivity contribution in [1.82, 2.24) is 4.90 Å². The molecular weight excluding hydrogens is 460 g/mol. The topological polar surface area (TPSA) is 92.8 Å². The van der Waals surface area contributed by atoms with Crippen molar-refractivity contribution in [3.8, 4) is 0 Å². The smallest absolute Gasteiger partial charge is 0.341 e. The quantitative estimate of drug-likeness (QED) is 0.573. The zero-order valence-corrected chi connectivity index (χ0v) is 19.8. The fraction of sp³-hybridized carbons (Fsp3) is 0.429. The van der Waals surface area contributed by atoms with Crippen molar-refractivity contribution in [1.29, 1.82) is 0 Å². The summed E-state index contributed by atoms with van der Waals surface area (Å²) >= 11 is 7.16. The number of rotatable bonds is 8. The third-order valence-electron chi connectivity index (χ3n) is 5.09. The van der Waals surface area contributed by atoms with Crippen LogP contribution in [0.15, 0.2) is 29.2 Å². The van der Waals surface area contributed by atoms with Gasteiger partial charge in [0.15, 0.2) is 9.84 Å². The molecule has 1 amide bonds. The maximum Gasteiger partial charge on any atom is 0.341 e. The average Bonchev–Trinajstić information content (AvgIpc) is 3.09. The van der Waals surface area contributed by atoms with Crippen molar-refractivity contribution in [2.45, 2.75) is 38.1 Å². The lowest BCUT2D eigenvalue weighted by Gasteiger charge is -2.25. The highest BCUT2D eigenvalue weighted by Gasteiger charge is 2.29. The third-order valence-corrected chi connectivity index (χ3v) is 8.20. The monoisotopic (exact) mass is 484 g/mol. The van der Waals surface area contributed by atoms with Gasteiger partial charge in [-0.05, 0) is 49.7 Å². The van der Waals surface area contributed by atoms with Gasteiger partial charge in [-0.15, -0.1) is 11.3 Å². The fourth-order valence-electron chi connectivity index (χ4n) is 3.41. The summed E-state index contributed by atoms with van der Waals surface area (Å²) in [5.74, 6) is -1.27. The number of nitrogens with zero attached hydrogens (tertiary/aromatic N) is 1. The maximum atomic E-state index is 12.6. The minimum atomic E-state index is -3.63. The second-order valence-electron chi connectivity index (χ2n) is 7.12. The van der Waals surface area contributed by atoms with Crippen LogP contribution >= 0.6 is 22.9 Å². The van der Waals surface area contributed by atoms with Gasteiger partial charge in [0.2, 0.25) is 5.91 Å². The number of hydrogen-bond acceptors (Lipinski definition) is 7. The summed E-state index contributed by atoms with van der Waals surface area (Å²) in [7, 11) is -3.63. The van der Waals surface area contributed by atoms with Crippen molar-refractivity contribution in [2.75, 3.05) is 30.8 Å². The van der Waals surface area contributed by atoms with E-state index in [1.54, 1.807) is 6.92 Å². The van der Waals surface area contributed by atoms with Gasteiger partial charge in [0.25, 0.3) is 0 Å². The van der Waals surface area contributed by atoms with E-state index in [1.807, 2.05) is 0 Å². The largest absolute Gasteiger partial charge is 0.462 e. The molecule has 0 saturated heterocycles. The van der Waals surface area contributed by atoms with Crippen LogP contribution in [0.1, 0.15) is 41.1 Å². The summed E-state index contributed by atoms with van der Waals surface area (Å²) < 4.78 is 30.2. The van der Waals surface area contributed by atoms with Crippen LogP contribution in [-0.4, -0.2) is 50.6 Å². The zero-order chi connectivity index (χ0) is 22.6. The van der Waals surface area contributed by atoms with Crippen molar-refractivity contribution in [2.24, 2.45) is 0 Å². The molecule has 2 heterocycles. The standard InChI is InChI=1S/C21H25ClN2O5S2/c1-3-24-11-9-16-17(13-24)30-20(19(16)21(26)29-4-2)23-18(25)10-12-31(27,28)15-7-5-14(22)6-8-15/h5-8H,3-4,9-13H2,1-2H3,(H,23,25). The highest BCUT2D eigenvalue weighted by molar-refractivity contribution is 7.91.